The summed E-state index contributed by atoms with van der Waals surface area (Å²) in [6.07, 6.45) is 0. The molecule has 0 fully saturated rings. The lowest BCUT2D eigenvalue weighted by Gasteiger charge is -2.40. The summed E-state index contributed by atoms with van der Waals surface area (Å²) in [6.45, 7) is 0. The second-order valence-corrected chi connectivity index (χ2v) is 16.8. The molecule has 294 valence electrons. The number of para-hydroxylation sites is 1. The van der Waals surface area contributed by atoms with Gasteiger partial charge in [0.05, 0.1) is 16.4 Å². The van der Waals surface area contributed by atoms with E-state index in [-0.39, 0.29) is 0 Å². The highest BCUT2D eigenvalue weighted by Gasteiger charge is 2.52. The van der Waals surface area contributed by atoms with Crippen molar-refractivity contribution in [3.8, 4) is 72.8 Å². The van der Waals surface area contributed by atoms with Crippen molar-refractivity contribution in [3.05, 3.63) is 259 Å². The van der Waals surface area contributed by atoms with E-state index in [2.05, 4.69) is 241 Å². The SMILES string of the molecule is c1ccc(-c2cc(-c3ccccc3)cc(-n3c4ccccc4c4c5c(ccc43)-c3ccccc3C53c4cc(-c5ccccc5)ccc4Oc4ccc(-c5ccccc5)cc43)c2)cc1. The molecule has 10 aromatic carbocycles. The molecule has 2 nitrogen and oxygen atoms in total. The third kappa shape index (κ3) is 5.32. The normalized spacial score (nSPS) is 13.0. The lowest BCUT2D eigenvalue weighted by atomic mass is 9.64. The van der Waals surface area contributed by atoms with E-state index in [4.69, 9.17) is 4.74 Å². The average molecular weight is 802 g/mol. The van der Waals surface area contributed by atoms with Crippen LogP contribution >= 0.6 is 0 Å². The topological polar surface area (TPSA) is 14.2 Å². The Hall–Kier alpha value is -8.20. The van der Waals surface area contributed by atoms with Crippen LogP contribution in [0.5, 0.6) is 11.5 Å². The van der Waals surface area contributed by atoms with Gasteiger partial charge in [-0.15, -0.1) is 0 Å². The van der Waals surface area contributed by atoms with Gasteiger partial charge in [0.1, 0.15) is 11.5 Å². The van der Waals surface area contributed by atoms with Gasteiger partial charge in [0, 0.05) is 27.6 Å². The highest BCUT2D eigenvalue weighted by molar-refractivity contribution is 6.15. The van der Waals surface area contributed by atoms with Gasteiger partial charge in [-0.2, -0.15) is 0 Å². The maximum absolute atomic E-state index is 7.06. The summed E-state index contributed by atoms with van der Waals surface area (Å²) in [5.41, 5.74) is 19.5. The maximum Gasteiger partial charge on any atom is 0.132 e. The summed E-state index contributed by atoms with van der Waals surface area (Å²) in [5, 5.41) is 2.47. The monoisotopic (exact) mass is 801 g/mol. The zero-order valence-electron chi connectivity index (χ0n) is 34.4. The van der Waals surface area contributed by atoms with E-state index in [9.17, 15) is 0 Å². The molecular formula is C61H39NO. The van der Waals surface area contributed by atoms with Gasteiger partial charge in [-0.1, -0.05) is 182 Å². The molecule has 13 rings (SSSR count). The minimum absolute atomic E-state index is 0.722. The molecule has 2 heteroatoms. The molecule has 0 bridgehead atoms. The number of nitrogens with zero attached hydrogens (tertiary/aromatic N) is 1. The fourth-order valence-corrected chi connectivity index (χ4v) is 10.7. The van der Waals surface area contributed by atoms with E-state index in [1.807, 2.05) is 0 Å². The number of rotatable bonds is 5. The smallest absolute Gasteiger partial charge is 0.132 e. The van der Waals surface area contributed by atoms with Crippen molar-refractivity contribution >= 4 is 21.8 Å². The lowest BCUT2D eigenvalue weighted by Crippen LogP contribution is -2.32. The number of hydrogen-bond donors (Lipinski definition) is 0. The van der Waals surface area contributed by atoms with Crippen molar-refractivity contribution in [2.24, 2.45) is 0 Å². The van der Waals surface area contributed by atoms with Crippen LogP contribution < -0.4 is 4.74 Å². The average Bonchev–Trinajstić information content (AvgIpc) is 3.86. The first-order valence-corrected chi connectivity index (χ1v) is 21.7. The van der Waals surface area contributed by atoms with E-state index in [0.29, 0.717) is 0 Å². The molecule has 0 radical (unpaired) electrons. The molecule has 1 aromatic heterocycles. The minimum Gasteiger partial charge on any atom is -0.457 e. The Labute approximate surface area is 366 Å². The molecular weight excluding hydrogens is 763 g/mol. The first kappa shape index (κ1) is 35.5. The molecule has 63 heavy (non-hydrogen) atoms. The van der Waals surface area contributed by atoms with Crippen LogP contribution in [0.4, 0.5) is 0 Å². The van der Waals surface area contributed by atoms with Gasteiger partial charge in [0.2, 0.25) is 0 Å². The number of hydrogen-bond acceptors (Lipinski definition) is 1. The Kier molecular flexibility index (Phi) is 7.85. The number of fused-ring (bicyclic) bond motifs is 13. The van der Waals surface area contributed by atoms with Crippen LogP contribution in [0, 0.1) is 0 Å². The van der Waals surface area contributed by atoms with Gasteiger partial charge >= 0.3 is 0 Å². The second-order valence-electron chi connectivity index (χ2n) is 16.8. The van der Waals surface area contributed by atoms with Crippen LogP contribution in [-0.4, -0.2) is 4.57 Å². The van der Waals surface area contributed by atoms with E-state index >= 15 is 0 Å². The van der Waals surface area contributed by atoms with E-state index in [1.54, 1.807) is 0 Å². The van der Waals surface area contributed by atoms with Crippen LogP contribution in [0.3, 0.4) is 0 Å². The van der Waals surface area contributed by atoms with Crippen molar-refractivity contribution in [3.63, 3.8) is 0 Å². The van der Waals surface area contributed by atoms with Crippen LogP contribution in [0.2, 0.25) is 0 Å². The highest BCUT2D eigenvalue weighted by Crippen LogP contribution is 2.65. The van der Waals surface area contributed by atoms with Crippen molar-refractivity contribution in [1.29, 1.82) is 0 Å². The zero-order chi connectivity index (χ0) is 41.5. The van der Waals surface area contributed by atoms with Crippen LogP contribution in [0.1, 0.15) is 22.3 Å². The van der Waals surface area contributed by atoms with Gasteiger partial charge < -0.3 is 9.30 Å². The Balaban J connectivity index is 1.18. The standard InChI is InChI=1S/C61H39NO/c1-5-17-40(18-6-1)44-29-33-57-53(38-44)61(54-39-45(30-34-58(54)63-57)41-19-7-2-8-20-41)52-27-15-13-25-49(52)50-31-32-56-59(60(50)61)51-26-14-16-28-55(51)62(56)48-36-46(42-21-9-3-10-22-42)35-47(37-48)43-23-11-4-12-24-43/h1-39H. The summed E-state index contributed by atoms with van der Waals surface area (Å²) in [5.74, 6) is 1.75. The third-order valence-electron chi connectivity index (χ3n) is 13.4. The predicted octanol–water partition coefficient (Wildman–Crippen LogP) is 15.9. The minimum atomic E-state index is -0.722. The molecule has 1 aliphatic carbocycles. The molecule has 1 spiro atoms. The molecule has 0 atom stereocenters. The van der Waals surface area contributed by atoms with Crippen molar-refractivity contribution in [2.45, 2.75) is 5.41 Å². The molecule has 0 saturated heterocycles. The number of benzene rings is 10. The van der Waals surface area contributed by atoms with Crippen molar-refractivity contribution in [1.82, 2.24) is 4.57 Å². The van der Waals surface area contributed by atoms with Crippen molar-refractivity contribution < 1.29 is 4.74 Å². The van der Waals surface area contributed by atoms with Gasteiger partial charge in [-0.25, -0.2) is 0 Å². The maximum atomic E-state index is 7.06. The molecule has 2 aliphatic rings. The van der Waals surface area contributed by atoms with Gasteiger partial charge in [0.25, 0.3) is 0 Å². The fraction of sp³-hybridized carbons (Fsp3) is 0.0164. The Morgan fingerprint density at radius 3 is 1.38 bits per heavy atom. The second kappa shape index (κ2) is 13.9. The summed E-state index contributed by atoms with van der Waals surface area (Å²) in [4.78, 5) is 0. The molecule has 2 heterocycles. The van der Waals surface area contributed by atoms with Gasteiger partial charge in [-0.3, -0.25) is 0 Å². The van der Waals surface area contributed by atoms with Crippen molar-refractivity contribution in [2.75, 3.05) is 0 Å². The molecule has 0 saturated carbocycles. The molecule has 1 aliphatic heterocycles. The fourth-order valence-electron chi connectivity index (χ4n) is 10.7. The largest absolute Gasteiger partial charge is 0.457 e. The zero-order valence-corrected chi connectivity index (χ0v) is 34.4. The number of ether oxygens (including phenoxy) is 1. The first-order chi connectivity index (χ1) is 31.2. The van der Waals surface area contributed by atoms with Crippen LogP contribution in [-0.2, 0) is 5.41 Å². The third-order valence-corrected chi connectivity index (χ3v) is 13.4. The van der Waals surface area contributed by atoms with E-state index < -0.39 is 5.41 Å². The molecule has 0 N–H and O–H groups in total. The Morgan fingerprint density at radius 1 is 0.317 bits per heavy atom. The summed E-state index contributed by atoms with van der Waals surface area (Å²) >= 11 is 0. The highest BCUT2D eigenvalue weighted by atomic mass is 16.5. The quantitative estimate of drug-likeness (QED) is 0.169. The van der Waals surface area contributed by atoms with Gasteiger partial charge in [-0.05, 0) is 121 Å². The van der Waals surface area contributed by atoms with Gasteiger partial charge in [0.15, 0.2) is 0 Å². The number of aromatic nitrogens is 1. The van der Waals surface area contributed by atoms with Crippen LogP contribution in [0.15, 0.2) is 237 Å². The first-order valence-electron chi connectivity index (χ1n) is 21.7. The summed E-state index contributed by atoms with van der Waals surface area (Å²) in [6, 6.07) is 86.5. The summed E-state index contributed by atoms with van der Waals surface area (Å²) in [7, 11) is 0. The van der Waals surface area contributed by atoms with E-state index in [1.165, 1.54) is 77.4 Å². The molecule has 0 unspecified atom stereocenters. The predicted molar refractivity (Wildman–Crippen MR) is 260 cm³/mol. The Bertz CT molecular complexity index is 3420. The Morgan fingerprint density at radius 2 is 0.810 bits per heavy atom. The molecule has 0 amide bonds. The van der Waals surface area contributed by atoms with Crippen LogP contribution in [0.25, 0.3) is 83.1 Å². The van der Waals surface area contributed by atoms with E-state index in [0.717, 1.165) is 39.4 Å². The lowest BCUT2D eigenvalue weighted by molar-refractivity contribution is 0.437. The summed E-state index contributed by atoms with van der Waals surface area (Å²) < 4.78 is 9.56. The molecule has 11 aromatic rings.